The second kappa shape index (κ2) is 5.96. The van der Waals surface area contributed by atoms with E-state index in [9.17, 15) is 9.59 Å². The maximum Gasteiger partial charge on any atom is 0.277 e. The lowest BCUT2D eigenvalue weighted by molar-refractivity contribution is -0.118. The van der Waals surface area contributed by atoms with Crippen molar-refractivity contribution >= 4 is 23.2 Å². The summed E-state index contributed by atoms with van der Waals surface area (Å²) in [5, 5.41) is 15.1. The molecule has 0 aliphatic carbocycles. The fraction of sp³-hybridized carbons (Fsp3) is 0.231. The maximum absolute atomic E-state index is 11.8. The molecule has 3 N–H and O–H groups in total. The van der Waals surface area contributed by atoms with E-state index in [1.165, 1.54) is 6.20 Å². The number of carbonyl (C=O) groups excluding carboxylic acids is 2. The van der Waals surface area contributed by atoms with Gasteiger partial charge in [0.05, 0.1) is 6.20 Å². The topological polar surface area (TPSA) is 99.8 Å². The first-order valence-electron chi connectivity index (χ1n) is 6.14. The summed E-state index contributed by atoms with van der Waals surface area (Å²) in [6.07, 6.45) is 1.33. The van der Waals surface area contributed by atoms with Gasteiger partial charge in [0.25, 0.3) is 5.91 Å². The highest BCUT2D eigenvalue weighted by Crippen LogP contribution is 2.16. The quantitative estimate of drug-likeness (QED) is 0.788. The van der Waals surface area contributed by atoms with Crippen molar-refractivity contribution in [2.75, 3.05) is 10.6 Å². The second-order valence-corrected chi connectivity index (χ2v) is 4.53. The lowest BCUT2D eigenvalue weighted by Gasteiger charge is -2.09. The lowest BCUT2D eigenvalue weighted by Crippen LogP contribution is -2.18. The van der Waals surface area contributed by atoms with Crippen LogP contribution in [0, 0.1) is 5.92 Å². The Labute approximate surface area is 115 Å². The second-order valence-electron chi connectivity index (χ2n) is 4.53. The van der Waals surface area contributed by atoms with Crippen molar-refractivity contribution < 1.29 is 9.59 Å². The first kappa shape index (κ1) is 13.7. The highest BCUT2D eigenvalue weighted by Gasteiger charge is 2.10. The van der Waals surface area contributed by atoms with E-state index in [1.54, 1.807) is 24.3 Å². The van der Waals surface area contributed by atoms with Crippen LogP contribution < -0.4 is 10.6 Å². The Hall–Kier alpha value is -2.70. The Morgan fingerprint density at radius 2 is 1.90 bits per heavy atom. The highest BCUT2D eigenvalue weighted by molar-refractivity contribution is 6.03. The van der Waals surface area contributed by atoms with Gasteiger partial charge in [-0.15, -0.1) is 0 Å². The fourth-order valence-corrected chi connectivity index (χ4v) is 1.47. The van der Waals surface area contributed by atoms with Crippen LogP contribution in [0.25, 0.3) is 0 Å². The third kappa shape index (κ3) is 3.41. The van der Waals surface area contributed by atoms with Crippen LogP contribution in [-0.4, -0.2) is 27.2 Å². The standard InChI is InChI=1S/C13H15N5O2/c1-8(2)12(19)15-9-4-3-5-10(6-9)16-13(20)11-7-14-18-17-11/h3-8H,1-2H3,(H,15,19)(H,16,20)(H,14,17,18). The maximum atomic E-state index is 11.8. The number of aromatic nitrogens is 3. The number of H-pyrrole nitrogens is 1. The summed E-state index contributed by atoms with van der Waals surface area (Å²) in [7, 11) is 0. The molecule has 0 atom stereocenters. The Balaban J connectivity index is 2.06. The SMILES string of the molecule is CC(C)C(=O)Nc1cccc(NC(=O)c2cn[nH]n2)c1. The zero-order chi connectivity index (χ0) is 14.5. The molecule has 0 spiro atoms. The van der Waals surface area contributed by atoms with Crippen molar-refractivity contribution in [3.63, 3.8) is 0 Å². The molecule has 1 aromatic heterocycles. The van der Waals surface area contributed by atoms with Gasteiger partial charge in [0, 0.05) is 17.3 Å². The largest absolute Gasteiger partial charge is 0.326 e. The summed E-state index contributed by atoms with van der Waals surface area (Å²) < 4.78 is 0. The molecule has 20 heavy (non-hydrogen) atoms. The number of anilines is 2. The minimum Gasteiger partial charge on any atom is -0.326 e. The summed E-state index contributed by atoms with van der Waals surface area (Å²) in [5.41, 5.74) is 1.39. The van der Waals surface area contributed by atoms with Crippen LogP contribution in [0.1, 0.15) is 24.3 Å². The molecule has 0 aliphatic rings. The Morgan fingerprint density at radius 1 is 1.20 bits per heavy atom. The number of nitrogens with one attached hydrogen (secondary N) is 3. The molecule has 1 aromatic carbocycles. The van der Waals surface area contributed by atoms with Crippen molar-refractivity contribution in [3.05, 3.63) is 36.2 Å². The monoisotopic (exact) mass is 273 g/mol. The number of carbonyl (C=O) groups is 2. The van der Waals surface area contributed by atoms with Gasteiger partial charge in [-0.05, 0) is 18.2 Å². The lowest BCUT2D eigenvalue weighted by atomic mass is 10.2. The fourth-order valence-electron chi connectivity index (χ4n) is 1.47. The van der Waals surface area contributed by atoms with Gasteiger partial charge in [0.2, 0.25) is 5.91 Å². The van der Waals surface area contributed by atoms with Gasteiger partial charge in [0.15, 0.2) is 5.69 Å². The van der Waals surface area contributed by atoms with Gasteiger partial charge < -0.3 is 10.6 Å². The van der Waals surface area contributed by atoms with Crippen molar-refractivity contribution in [3.8, 4) is 0 Å². The Kier molecular flexibility index (Phi) is 4.09. The predicted molar refractivity (Wildman–Crippen MR) is 74.2 cm³/mol. The van der Waals surface area contributed by atoms with Gasteiger partial charge in [-0.1, -0.05) is 19.9 Å². The molecule has 0 aliphatic heterocycles. The van der Waals surface area contributed by atoms with Crippen molar-refractivity contribution in [2.45, 2.75) is 13.8 Å². The van der Waals surface area contributed by atoms with Crippen LogP contribution in [0.2, 0.25) is 0 Å². The summed E-state index contributed by atoms with van der Waals surface area (Å²) in [4.78, 5) is 23.4. The van der Waals surface area contributed by atoms with E-state index >= 15 is 0 Å². The Morgan fingerprint density at radius 3 is 2.50 bits per heavy atom. The van der Waals surface area contributed by atoms with Crippen molar-refractivity contribution in [2.24, 2.45) is 5.92 Å². The minimum atomic E-state index is -0.369. The van der Waals surface area contributed by atoms with E-state index in [4.69, 9.17) is 0 Å². The van der Waals surface area contributed by atoms with E-state index in [0.29, 0.717) is 11.4 Å². The molecule has 0 unspecified atom stereocenters. The highest BCUT2D eigenvalue weighted by atomic mass is 16.2. The number of hydrogen-bond acceptors (Lipinski definition) is 4. The van der Waals surface area contributed by atoms with E-state index in [1.807, 2.05) is 13.8 Å². The molecule has 0 radical (unpaired) electrons. The first-order chi connectivity index (χ1) is 9.56. The molecule has 7 nitrogen and oxygen atoms in total. The summed E-state index contributed by atoms with van der Waals surface area (Å²) in [6, 6.07) is 6.90. The molecule has 7 heteroatoms. The number of aromatic amines is 1. The van der Waals surface area contributed by atoms with E-state index in [0.717, 1.165) is 0 Å². The average molecular weight is 273 g/mol. The summed E-state index contributed by atoms with van der Waals surface area (Å²) in [5.74, 6) is -0.556. The van der Waals surface area contributed by atoms with Crippen molar-refractivity contribution in [1.82, 2.24) is 15.4 Å². The molecule has 2 amide bonds. The van der Waals surface area contributed by atoms with Crippen LogP contribution in [0.4, 0.5) is 11.4 Å². The number of amides is 2. The molecule has 104 valence electrons. The van der Waals surface area contributed by atoms with E-state index in [2.05, 4.69) is 26.0 Å². The number of hydrogen-bond donors (Lipinski definition) is 3. The summed E-state index contributed by atoms with van der Waals surface area (Å²) in [6.45, 7) is 3.62. The third-order valence-electron chi connectivity index (χ3n) is 2.56. The molecule has 0 saturated carbocycles. The molecule has 2 aromatic rings. The minimum absolute atomic E-state index is 0.0787. The smallest absolute Gasteiger partial charge is 0.277 e. The number of rotatable bonds is 4. The van der Waals surface area contributed by atoms with Gasteiger partial charge in [0.1, 0.15) is 0 Å². The normalized spacial score (nSPS) is 10.3. The molecule has 1 heterocycles. The number of benzene rings is 1. The zero-order valence-electron chi connectivity index (χ0n) is 11.2. The number of nitrogens with zero attached hydrogens (tertiary/aromatic N) is 2. The van der Waals surface area contributed by atoms with Crippen LogP contribution in [0.15, 0.2) is 30.5 Å². The van der Waals surface area contributed by atoms with Crippen LogP contribution in [0.3, 0.4) is 0 Å². The molecule has 2 rings (SSSR count). The van der Waals surface area contributed by atoms with E-state index < -0.39 is 0 Å². The zero-order valence-corrected chi connectivity index (χ0v) is 11.2. The van der Waals surface area contributed by atoms with Crippen LogP contribution >= 0.6 is 0 Å². The first-order valence-corrected chi connectivity index (χ1v) is 6.14. The van der Waals surface area contributed by atoms with Crippen LogP contribution in [0.5, 0.6) is 0 Å². The third-order valence-corrected chi connectivity index (χ3v) is 2.56. The molecular weight excluding hydrogens is 258 g/mol. The van der Waals surface area contributed by atoms with E-state index in [-0.39, 0.29) is 23.4 Å². The molecular formula is C13H15N5O2. The molecule has 0 fully saturated rings. The Bertz CT molecular complexity index is 607. The van der Waals surface area contributed by atoms with Gasteiger partial charge in [-0.2, -0.15) is 15.4 Å². The molecule has 0 saturated heterocycles. The average Bonchev–Trinajstić information content (AvgIpc) is 2.92. The van der Waals surface area contributed by atoms with Gasteiger partial charge >= 0.3 is 0 Å². The van der Waals surface area contributed by atoms with Gasteiger partial charge in [-0.3, -0.25) is 9.59 Å². The summed E-state index contributed by atoms with van der Waals surface area (Å²) >= 11 is 0. The van der Waals surface area contributed by atoms with Crippen LogP contribution in [-0.2, 0) is 4.79 Å². The molecule has 0 bridgehead atoms. The van der Waals surface area contributed by atoms with Gasteiger partial charge in [-0.25, -0.2) is 0 Å². The predicted octanol–water partition coefficient (Wildman–Crippen LogP) is 1.65. The van der Waals surface area contributed by atoms with Crippen molar-refractivity contribution in [1.29, 1.82) is 0 Å².